The number of amides is 1. The van der Waals surface area contributed by atoms with E-state index in [0.717, 1.165) is 16.8 Å². The van der Waals surface area contributed by atoms with Gasteiger partial charge in [0.1, 0.15) is 0 Å². The molecule has 0 unspecified atom stereocenters. The van der Waals surface area contributed by atoms with Gasteiger partial charge in [0.2, 0.25) is 0 Å². The van der Waals surface area contributed by atoms with Crippen molar-refractivity contribution in [2.24, 2.45) is 5.10 Å². The molecule has 150 valence electrons. The third-order valence-electron chi connectivity index (χ3n) is 4.39. The average Bonchev–Trinajstić information content (AvgIpc) is 3.17. The van der Waals surface area contributed by atoms with Crippen molar-refractivity contribution in [1.82, 2.24) is 10.4 Å². The Morgan fingerprint density at radius 3 is 2.41 bits per heavy atom. The second-order valence-electron chi connectivity index (χ2n) is 6.23. The van der Waals surface area contributed by atoms with E-state index < -0.39 is 11.7 Å². The number of H-pyrrole nitrogens is 1. The molecule has 3 rings (SSSR count). The fraction of sp³-hybridized carbons (Fsp3) is 0.190. The Hall–Kier alpha value is -2.83. The molecule has 0 atom stereocenters. The Labute approximate surface area is 178 Å². The normalized spacial score (nSPS) is 11.1. The number of Topliss-reactive ketones (excluding diaryl/α,β-unsaturated/α-hetero) is 1. The number of hydrogen-bond acceptors (Lipinski definition) is 4. The number of fused-ring (bicyclic) bond motifs is 1. The molecule has 0 saturated carbocycles. The van der Waals surface area contributed by atoms with E-state index in [-0.39, 0.29) is 0 Å². The molecule has 0 saturated heterocycles. The number of nitrogens with one attached hydrogen (secondary N) is 2. The quantitative estimate of drug-likeness (QED) is 0.178. The number of aromatic nitrogens is 1. The van der Waals surface area contributed by atoms with Crippen LogP contribution >= 0.6 is 23.2 Å². The van der Waals surface area contributed by atoms with Crippen LogP contribution in [0, 0.1) is 0 Å². The number of anilines is 1. The van der Waals surface area contributed by atoms with E-state index in [0.29, 0.717) is 35.8 Å². The average molecular weight is 431 g/mol. The summed E-state index contributed by atoms with van der Waals surface area (Å²) in [6.45, 7) is 1.40. The lowest BCUT2D eigenvalue weighted by atomic mass is 10.1. The van der Waals surface area contributed by atoms with E-state index in [1.54, 1.807) is 6.07 Å². The molecule has 29 heavy (non-hydrogen) atoms. The van der Waals surface area contributed by atoms with Crippen LogP contribution in [0.25, 0.3) is 10.9 Å². The molecular weight excluding hydrogens is 411 g/mol. The Bertz CT molecular complexity index is 1010. The van der Waals surface area contributed by atoms with Crippen LogP contribution in [0.1, 0.15) is 15.9 Å². The lowest BCUT2D eigenvalue weighted by Crippen LogP contribution is -2.27. The number of nitrogens with zero attached hydrogens (tertiary/aromatic N) is 2. The molecule has 0 radical (unpaired) electrons. The monoisotopic (exact) mass is 430 g/mol. The molecule has 8 heteroatoms. The Kier molecular flexibility index (Phi) is 7.27. The van der Waals surface area contributed by atoms with E-state index in [1.807, 2.05) is 42.5 Å². The molecule has 0 aliphatic heterocycles. The zero-order chi connectivity index (χ0) is 20.6. The number of aromatic amines is 1. The summed E-state index contributed by atoms with van der Waals surface area (Å²) >= 11 is 11.7. The number of halogens is 2. The van der Waals surface area contributed by atoms with Crippen molar-refractivity contribution in [3.63, 3.8) is 0 Å². The number of hydrogen-bond donors (Lipinski definition) is 2. The van der Waals surface area contributed by atoms with Crippen LogP contribution in [0.4, 0.5) is 5.69 Å². The van der Waals surface area contributed by atoms with Crippen molar-refractivity contribution in [2.75, 3.05) is 29.7 Å². The number of benzene rings is 2. The smallest absolute Gasteiger partial charge is 0.312 e. The van der Waals surface area contributed by atoms with Crippen molar-refractivity contribution in [2.45, 2.75) is 0 Å². The molecule has 0 bridgehead atoms. The molecule has 1 heterocycles. The molecule has 0 fully saturated rings. The highest BCUT2D eigenvalue weighted by Gasteiger charge is 2.19. The standard InChI is InChI=1S/C21H20Cl2N4O2/c22-9-11-27(12-10-23)16-7-5-15(6-8-16)13-25-26-21(29)20(28)18-14-24-19-4-2-1-3-17(18)19/h1-8,13-14,24H,9-12H2,(H,26,29)/b25-13-. The van der Waals surface area contributed by atoms with Gasteiger partial charge in [-0.05, 0) is 23.8 Å². The predicted molar refractivity (Wildman–Crippen MR) is 118 cm³/mol. The number of para-hydroxylation sites is 1. The first-order valence-corrected chi connectivity index (χ1v) is 10.1. The maximum absolute atomic E-state index is 12.4. The summed E-state index contributed by atoms with van der Waals surface area (Å²) in [5.41, 5.74) is 5.18. The van der Waals surface area contributed by atoms with Gasteiger partial charge in [0.25, 0.3) is 5.78 Å². The first-order chi connectivity index (χ1) is 14.1. The highest BCUT2D eigenvalue weighted by Crippen LogP contribution is 2.18. The summed E-state index contributed by atoms with van der Waals surface area (Å²) in [6.07, 6.45) is 3.01. The van der Waals surface area contributed by atoms with Crippen molar-refractivity contribution >= 4 is 57.7 Å². The zero-order valence-corrected chi connectivity index (χ0v) is 17.1. The zero-order valence-electron chi connectivity index (χ0n) is 15.6. The van der Waals surface area contributed by atoms with E-state index in [4.69, 9.17) is 23.2 Å². The van der Waals surface area contributed by atoms with Crippen LogP contribution in [0.15, 0.2) is 59.8 Å². The van der Waals surface area contributed by atoms with Crippen LogP contribution in [0.5, 0.6) is 0 Å². The molecular formula is C21H20Cl2N4O2. The summed E-state index contributed by atoms with van der Waals surface area (Å²) in [7, 11) is 0. The number of carbonyl (C=O) groups excluding carboxylic acids is 2. The molecule has 2 N–H and O–H groups in total. The van der Waals surface area contributed by atoms with Crippen molar-refractivity contribution in [1.29, 1.82) is 0 Å². The maximum Gasteiger partial charge on any atom is 0.312 e. The van der Waals surface area contributed by atoms with Gasteiger partial charge in [0.05, 0.1) is 11.8 Å². The summed E-state index contributed by atoms with van der Waals surface area (Å²) in [5.74, 6) is -0.418. The van der Waals surface area contributed by atoms with Crippen molar-refractivity contribution < 1.29 is 9.59 Å². The molecule has 6 nitrogen and oxygen atoms in total. The number of alkyl halides is 2. The second-order valence-corrected chi connectivity index (χ2v) is 6.99. The fourth-order valence-electron chi connectivity index (χ4n) is 2.94. The SMILES string of the molecule is O=C(N/N=C\c1ccc(N(CCCl)CCCl)cc1)C(=O)c1c[nH]c2ccccc12. The molecule has 2 aromatic carbocycles. The van der Waals surface area contributed by atoms with Gasteiger partial charge in [-0.2, -0.15) is 5.10 Å². The van der Waals surface area contributed by atoms with E-state index in [9.17, 15) is 9.59 Å². The summed E-state index contributed by atoms with van der Waals surface area (Å²) < 4.78 is 0. The lowest BCUT2D eigenvalue weighted by Gasteiger charge is -2.22. The fourth-order valence-corrected chi connectivity index (χ4v) is 3.35. The van der Waals surface area contributed by atoms with Gasteiger partial charge in [0, 0.05) is 47.6 Å². The third kappa shape index (κ3) is 5.16. The van der Waals surface area contributed by atoms with Gasteiger partial charge in [-0.25, -0.2) is 5.43 Å². The van der Waals surface area contributed by atoms with Gasteiger partial charge in [-0.3, -0.25) is 9.59 Å². The van der Waals surface area contributed by atoms with Crippen LogP contribution < -0.4 is 10.3 Å². The molecule has 0 aliphatic rings. The minimum Gasteiger partial charge on any atom is -0.369 e. The highest BCUT2D eigenvalue weighted by atomic mass is 35.5. The first kappa shape index (κ1) is 20.9. The van der Waals surface area contributed by atoms with Crippen LogP contribution in [0.2, 0.25) is 0 Å². The number of hydrazone groups is 1. The minimum absolute atomic E-state index is 0.316. The molecule has 1 aromatic heterocycles. The van der Waals surface area contributed by atoms with Crippen molar-refractivity contribution in [3.05, 3.63) is 65.9 Å². The molecule has 3 aromatic rings. The van der Waals surface area contributed by atoms with E-state index in [2.05, 4.69) is 20.4 Å². The van der Waals surface area contributed by atoms with E-state index >= 15 is 0 Å². The summed E-state index contributed by atoms with van der Waals surface area (Å²) in [4.78, 5) is 29.6. The predicted octanol–water partition coefficient (Wildman–Crippen LogP) is 3.78. The number of carbonyl (C=O) groups is 2. The van der Waals surface area contributed by atoms with E-state index in [1.165, 1.54) is 12.4 Å². The number of rotatable bonds is 9. The van der Waals surface area contributed by atoms with Crippen LogP contribution in [-0.2, 0) is 4.79 Å². The maximum atomic E-state index is 12.4. The summed E-state index contributed by atoms with van der Waals surface area (Å²) in [5, 5.41) is 4.59. The Morgan fingerprint density at radius 2 is 1.72 bits per heavy atom. The third-order valence-corrected chi connectivity index (χ3v) is 4.72. The Balaban J connectivity index is 1.61. The molecule has 0 spiro atoms. The largest absolute Gasteiger partial charge is 0.369 e. The highest BCUT2D eigenvalue weighted by molar-refractivity contribution is 6.44. The number of ketones is 1. The van der Waals surface area contributed by atoms with Gasteiger partial charge in [0.15, 0.2) is 0 Å². The lowest BCUT2D eigenvalue weighted by molar-refractivity contribution is -0.116. The second kappa shape index (κ2) is 10.1. The van der Waals surface area contributed by atoms with Gasteiger partial charge in [-0.1, -0.05) is 30.3 Å². The minimum atomic E-state index is -0.793. The van der Waals surface area contributed by atoms with Crippen LogP contribution in [0.3, 0.4) is 0 Å². The van der Waals surface area contributed by atoms with Crippen LogP contribution in [-0.4, -0.2) is 47.7 Å². The Morgan fingerprint density at radius 1 is 1.03 bits per heavy atom. The van der Waals surface area contributed by atoms with Gasteiger partial charge >= 0.3 is 5.91 Å². The topological polar surface area (TPSA) is 77.6 Å². The molecule has 0 aliphatic carbocycles. The van der Waals surface area contributed by atoms with Crippen molar-refractivity contribution in [3.8, 4) is 0 Å². The van der Waals surface area contributed by atoms with Gasteiger partial charge < -0.3 is 9.88 Å². The first-order valence-electron chi connectivity index (χ1n) is 9.05. The van der Waals surface area contributed by atoms with Gasteiger partial charge in [-0.15, -0.1) is 23.2 Å². The summed E-state index contributed by atoms with van der Waals surface area (Å²) in [6, 6.07) is 14.9. The molecule has 1 amide bonds.